The van der Waals surface area contributed by atoms with E-state index in [1.807, 2.05) is 7.05 Å². The Bertz CT molecular complexity index is 413. The highest BCUT2D eigenvalue weighted by Crippen LogP contribution is 2.28. The Labute approximate surface area is 130 Å². The summed E-state index contributed by atoms with van der Waals surface area (Å²) in [6.07, 6.45) is 9.62. The van der Waals surface area contributed by atoms with E-state index in [1.54, 1.807) is 22.7 Å². The Morgan fingerprint density at radius 3 is 1.76 bits per heavy atom. The third kappa shape index (κ3) is 3.97. The van der Waals surface area contributed by atoms with Crippen LogP contribution in [0.2, 0.25) is 0 Å². The van der Waals surface area contributed by atoms with Crippen molar-refractivity contribution in [3.8, 4) is 0 Å². The fourth-order valence-electron chi connectivity index (χ4n) is 3.75. The monoisotopic (exact) mass is 317 g/mol. The van der Waals surface area contributed by atoms with Crippen molar-refractivity contribution in [2.75, 3.05) is 21.1 Å². The van der Waals surface area contributed by atoms with Crippen LogP contribution in [0.1, 0.15) is 57.8 Å². The van der Waals surface area contributed by atoms with E-state index < -0.39 is 10.2 Å². The summed E-state index contributed by atoms with van der Waals surface area (Å²) in [5, 5.41) is 3.30. The van der Waals surface area contributed by atoms with Crippen molar-refractivity contribution in [3.63, 3.8) is 0 Å². The Balaban J connectivity index is 1.97. The molecule has 0 unspecified atom stereocenters. The SMILES string of the molecule is CNC1CCC(N(C)S(=O)(=O)N(C)C2CCCCC2)CC1. The van der Waals surface area contributed by atoms with Gasteiger partial charge in [-0.05, 0) is 45.6 Å². The van der Waals surface area contributed by atoms with Gasteiger partial charge < -0.3 is 5.32 Å². The molecule has 0 heterocycles. The maximum Gasteiger partial charge on any atom is 0.281 e. The van der Waals surface area contributed by atoms with Crippen LogP contribution in [0, 0.1) is 0 Å². The average Bonchev–Trinajstić information content (AvgIpc) is 2.54. The molecule has 0 aromatic carbocycles. The molecule has 2 fully saturated rings. The predicted molar refractivity (Wildman–Crippen MR) is 86.4 cm³/mol. The van der Waals surface area contributed by atoms with Gasteiger partial charge in [-0.25, -0.2) is 0 Å². The Kier molecular flexibility index (Phi) is 6.05. The van der Waals surface area contributed by atoms with Crippen LogP contribution in [-0.4, -0.2) is 56.3 Å². The normalized spacial score (nSPS) is 29.2. The number of hydrogen-bond donors (Lipinski definition) is 1. The van der Waals surface area contributed by atoms with E-state index in [4.69, 9.17) is 0 Å². The van der Waals surface area contributed by atoms with E-state index >= 15 is 0 Å². The maximum atomic E-state index is 12.8. The van der Waals surface area contributed by atoms with Crippen molar-refractivity contribution in [2.45, 2.75) is 75.9 Å². The third-order valence-electron chi connectivity index (χ3n) is 5.44. The van der Waals surface area contributed by atoms with Gasteiger partial charge in [0.2, 0.25) is 0 Å². The van der Waals surface area contributed by atoms with Gasteiger partial charge >= 0.3 is 0 Å². The fraction of sp³-hybridized carbons (Fsp3) is 1.00. The van der Waals surface area contributed by atoms with Crippen molar-refractivity contribution in [3.05, 3.63) is 0 Å². The summed E-state index contributed by atoms with van der Waals surface area (Å²) in [7, 11) is 2.20. The summed E-state index contributed by atoms with van der Waals surface area (Å²) in [6, 6.07) is 0.902. The van der Waals surface area contributed by atoms with Crippen LogP contribution in [0.3, 0.4) is 0 Å². The van der Waals surface area contributed by atoms with E-state index in [1.165, 1.54) is 6.42 Å². The van der Waals surface area contributed by atoms with Crippen molar-refractivity contribution in [1.29, 1.82) is 0 Å². The highest BCUT2D eigenvalue weighted by molar-refractivity contribution is 7.86. The van der Waals surface area contributed by atoms with Gasteiger partial charge in [0, 0.05) is 32.2 Å². The molecule has 124 valence electrons. The van der Waals surface area contributed by atoms with Gasteiger partial charge in [0.25, 0.3) is 10.2 Å². The topological polar surface area (TPSA) is 52.7 Å². The van der Waals surface area contributed by atoms with Gasteiger partial charge in [0.15, 0.2) is 0 Å². The van der Waals surface area contributed by atoms with E-state index in [-0.39, 0.29) is 12.1 Å². The minimum Gasteiger partial charge on any atom is -0.317 e. The first-order valence-electron chi connectivity index (χ1n) is 8.35. The van der Waals surface area contributed by atoms with Crippen molar-refractivity contribution in [2.24, 2.45) is 0 Å². The van der Waals surface area contributed by atoms with Crippen molar-refractivity contribution >= 4 is 10.2 Å². The molecule has 6 heteroatoms. The van der Waals surface area contributed by atoms with E-state index in [0.29, 0.717) is 6.04 Å². The molecule has 2 aliphatic carbocycles. The highest BCUT2D eigenvalue weighted by Gasteiger charge is 2.35. The summed E-state index contributed by atoms with van der Waals surface area (Å²) < 4.78 is 28.9. The number of rotatable bonds is 5. The second kappa shape index (κ2) is 7.40. The lowest BCUT2D eigenvalue weighted by molar-refractivity contribution is 0.223. The predicted octanol–water partition coefficient (Wildman–Crippen LogP) is 1.96. The molecule has 21 heavy (non-hydrogen) atoms. The molecule has 2 saturated carbocycles. The molecular weight excluding hydrogens is 286 g/mol. The minimum absolute atomic E-state index is 0.158. The van der Waals surface area contributed by atoms with Gasteiger partial charge in [-0.2, -0.15) is 17.0 Å². The molecule has 0 aromatic heterocycles. The van der Waals surface area contributed by atoms with E-state index in [0.717, 1.165) is 51.4 Å². The zero-order valence-corrected chi connectivity index (χ0v) is 14.5. The second-order valence-corrected chi connectivity index (χ2v) is 8.67. The quantitative estimate of drug-likeness (QED) is 0.843. The average molecular weight is 317 g/mol. The molecule has 0 amide bonds. The van der Waals surface area contributed by atoms with Crippen LogP contribution < -0.4 is 5.32 Å². The van der Waals surface area contributed by atoms with Crippen LogP contribution in [-0.2, 0) is 10.2 Å². The van der Waals surface area contributed by atoms with Crippen LogP contribution in [0.15, 0.2) is 0 Å². The van der Waals surface area contributed by atoms with Gasteiger partial charge in [0.05, 0.1) is 0 Å². The maximum absolute atomic E-state index is 12.8. The third-order valence-corrected chi connectivity index (χ3v) is 7.49. The molecule has 0 atom stereocenters. The van der Waals surface area contributed by atoms with Gasteiger partial charge in [0.1, 0.15) is 0 Å². The lowest BCUT2D eigenvalue weighted by Gasteiger charge is -2.38. The molecule has 2 rings (SSSR count). The first kappa shape index (κ1) is 17.2. The zero-order chi connectivity index (χ0) is 15.5. The lowest BCUT2D eigenvalue weighted by atomic mass is 9.91. The van der Waals surface area contributed by atoms with Crippen LogP contribution in [0.25, 0.3) is 0 Å². The molecule has 0 spiro atoms. The van der Waals surface area contributed by atoms with Crippen LogP contribution in [0.4, 0.5) is 0 Å². The summed E-state index contributed by atoms with van der Waals surface area (Å²) in [5.41, 5.74) is 0. The molecule has 2 aliphatic rings. The Morgan fingerprint density at radius 2 is 1.29 bits per heavy atom. The van der Waals surface area contributed by atoms with Crippen molar-refractivity contribution < 1.29 is 8.42 Å². The highest BCUT2D eigenvalue weighted by atomic mass is 32.2. The van der Waals surface area contributed by atoms with Crippen LogP contribution >= 0.6 is 0 Å². The number of nitrogens with zero attached hydrogens (tertiary/aromatic N) is 2. The lowest BCUT2D eigenvalue weighted by Crippen LogP contribution is -2.50. The largest absolute Gasteiger partial charge is 0.317 e. The summed E-state index contributed by atoms with van der Waals surface area (Å²) >= 11 is 0. The summed E-state index contributed by atoms with van der Waals surface area (Å²) in [5.74, 6) is 0. The molecule has 5 nitrogen and oxygen atoms in total. The van der Waals surface area contributed by atoms with Gasteiger partial charge in [-0.1, -0.05) is 19.3 Å². The molecule has 1 N–H and O–H groups in total. The summed E-state index contributed by atoms with van der Waals surface area (Å²) in [4.78, 5) is 0. The fourth-order valence-corrected chi connectivity index (χ4v) is 5.33. The molecule has 0 bridgehead atoms. The van der Waals surface area contributed by atoms with Crippen molar-refractivity contribution in [1.82, 2.24) is 13.9 Å². The number of hydrogen-bond acceptors (Lipinski definition) is 3. The smallest absolute Gasteiger partial charge is 0.281 e. The molecule has 0 saturated heterocycles. The molecular formula is C15H31N3O2S. The van der Waals surface area contributed by atoms with Gasteiger partial charge in [-0.3, -0.25) is 0 Å². The number of nitrogens with one attached hydrogen (secondary N) is 1. The first-order chi connectivity index (χ1) is 9.96. The van der Waals surface area contributed by atoms with E-state index in [2.05, 4.69) is 5.32 Å². The Hall–Kier alpha value is -0.170. The van der Waals surface area contributed by atoms with E-state index in [9.17, 15) is 8.42 Å². The standard InChI is InChI=1S/C15H31N3O2S/c1-16-13-9-11-15(12-10-13)18(3)21(19,20)17(2)14-7-5-4-6-8-14/h13-16H,4-12H2,1-3H3. The second-order valence-electron chi connectivity index (χ2n) is 6.63. The van der Waals surface area contributed by atoms with Crippen LogP contribution in [0.5, 0.6) is 0 Å². The zero-order valence-electron chi connectivity index (χ0n) is 13.7. The Morgan fingerprint density at radius 1 is 0.810 bits per heavy atom. The summed E-state index contributed by atoms with van der Waals surface area (Å²) in [6.45, 7) is 0. The molecule has 0 aliphatic heterocycles. The minimum atomic E-state index is -3.32. The first-order valence-corrected chi connectivity index (χ1v) is 9.74. The molecule has 0 aromatic rings. The van der Waals surface area contributed by atoms with Gasteiger partial charge in [-0.15, -0.1) is 0 Å². The molecule has 0 radical (unpaired) electrons.